The van der Waals surface area contributed by atoms with Crippen molar-refractivity contribution in [1.29, 1.82) is 5.26 Å². The Kier molecular flexibility index (Phi) is 3.32. The Morgan fingerprint density at radius 2 is 2.31 bits per heavy atom. The van der Waals surface area contributed by atoms with E-state index in [1.165, 1.54) is 12.3 Å². The van der Waals surface area contributed by atoms with E-state index in [0.717, 1.165) is 0 Å². The van der Waals surface area contributed by atoms with E-state index in [1.807, 2.05) is 0 Å². The van der Waals surface area contributed by atoms with Crippen molar-refractivity contribution in [2.24, 2.45) is 0 Å². The van der Waals surface area contributed by atoms with Crippen molar-refractivity contribution in [3.63, 3.8) is 0 Å². The van der Waals surface area contributed by atoms with Crippen LogP contribution in [0.5, 0.6) is 0 Å². The highest BCUT2D eigenvalue weighted by atomic mass is 79.9. The van der Waals surface area contributed by atoms with E-state index in [-0.39, 0.29) is 22.2 Å². The molecule has 1 aromatic heterocycles. The molecular weight excluding hydrogens is 242 g/mol. The van der Waals surface area contributed by atoms with Gasteiger partial charge in [-0.1, -0.05) is 15.9 Å². The molecule has 1 aromatic rings. The van der Waals surface area contributed by atoms with Crippen LogP contribution in [0, 0.1) is 11.3 Å². The zero-order chi connectivity index (χ0) is 9.84. The molecule has 13 heavy (non-hydrogen) atoms. The first-order chi connectivity index (χ1) is 6.20. The third-order valence-corrected chi connectivity index (χ3v) is 2.13. The van der Waals surface area contributed by atoms with Crippen LogP contribution in [0.25, 0.3) is 0 Å². The van der Waals surface area contributed by atoms with Gasteiger partial charge in [0.25, 0.3) is 6.43 Å². The molecule has 0 bridgehead atoms. The van der Waals surface area contributed by atoms with Crippen molar-refractivity contribution in [1.82, 2.24) is 4.98 Å². The van der Waals surface area contributed by atoms with E-state index in [0.29, 0.717) is 0 Å². The van der Waals surface area contributed by atoms with Crippen molar-refractivity contribution < 1.29 is 8.78 Å². The quantitative estimate of drug-likeness (QED) is 0.753. The zero-order valence-corrected chi connectivity index (χ0v) is 8.05. The van der Waals surface area contributed by atoms with Gasteiger partial charge in [-0.15, -0.1) is 0 Å². The van der Waals surface area contributed by atoms with Crippen molar-refractivity contribution >= 4 is 15.9 Å². The molecule has 68 valence electrons. The van der Waals surface area contributed by atoms with Gasteiger partial charge in [-0.3, -0.25) is 0 Å². The number of alkyl halides is 3. The lowest BCUT2D eigenvalue weighted by Crippen LogP contribution is -1.98. The number of halogens is 3. The molecule has 1 rings (SSSR count). The molecule has 0 aliphatic rings. The molecule has 5 heteroatoms. The number of aromatic nitrogens is 1. The summed E-state index contributed by atoms with van der Waals surface area (Å²) in [5, 5.41) is 8.79. The van der Waals surface area contributed by atoms with Crippen LogP contribution >= 0.6 is 15.9 Å². The van der Waals surface area contributed by atoms with E-state index < -0.39 is 6.43 Å². The van der Waals surface area contributed by atoms with Gasteiger partial charge >= 0.3 is 0 Å². The second-order valence-corrected chi connectivity index (χ2v) is 2.83. The van der Waals surface area contributed by atoms with E-state index in [9.17, 15) is 8.78 Å². The van der Waals surface area contributed by atoms with Gasteiger partial charge in [0.2, 0.25) is 0 Å². The van der Waals surface area contributed by atoms with Gasteiger partial charge in [0.05, 0.1) is 0 Å². The number of nitrogens with zero attached hydrogens (tertiary/aromatic N) is 2. The minimum absolute atomic E-state index is 0.0506. The average molecular weight is 247 g/mol. The first-order valence-corrected chi connectivity index (χ1v) is 4.54. The molecule has 0 atom stereocenters. The SMILES string of the molecule is N#Cc1nccc(C(F)F)c1CBr. The minimum Gasteiger partial charge on any atom is -0.245 e. The molecular formula is C8H5BrF2N2. The fourth-order valence-electron chi connectivity index (χ4n) is 0.949. The molecule has 0 fully saturated rings. The second-order valence-electron chi connectivity index (χ2n) is 2.27. The minimum atomic E-state index is -2.57. The number of hydrogen-bond donors (Lipinski definition) is 0. The lowest BCUT2D eigenvalue weighted by Gasteiger charge is -2.05. The third kappa shape index (κ3) is 2.01. The molecule has 0 aliphatic heterocycles. The number of pyridine rings is 1. The largest absolute Gasteiger partial charge is 0.264 e. The van der Waals surface area contributed by atoms with Gasteiger partial charge in [0.15, 0.2) is 0 Å². The first kappa shape index (κ1) is 10.1. The average Bonchev–Trinajstić information content (AvgIpc) is 2.16. The molecule has 0 amide bonds. The zero-order valence-electron chi connectivity index (χ0n) is 6.47. The topological polar surface area (TPSA) is 36.7 Å². The molecule has 0 aliphatic carbocycles. The Morgan fingerprint density at radius 1 is 1.62 bits per heavy atom. The van der Waals surface area contributed by atoms with Crippen LogP contribution in [0.1, 0.15) is 23.2 Å². The normalized spacial score (nSPS) is 10.1. The van der Waals surface area contributed by atoms with Gasteiger partial charge in [-0.2, -0.15) is 5.26 Å². The van der Waals surface area contributed by atoms with Crippen molar-refractivity contribution in [3.05, 3.63) is 29.1 Å². The second kappa shape index (κ2) is 4.28. The molecule has 2 nitrogen and oxygen atoms in total. The van der Waals surface area contributed by atoms with Crippen molar-refractivity contribution in [2.45, 2.75) is 11.8 Å². The Hall–Kier alpha value is -1.02. The Bertz CT molecular complexity index is 346. The monoisotopic (exact) mass is 246 g/mol. The summed E-state index contributed by atoms with van der Waals surface area (Å²) in [7, 11) is 0. The standard InChI is InChI=1S/C8H5BrF2N2/c9-3-6-5(8(10)11)1-2-13-7(6)4-12/h1-2,8H,3H2. The summed E-state index contributed by atoms with van der Waals surface area (Å²) < 4.78 is 24.7. The molecule has 0 aromatic carbocycles. The molecule has 0 spiro atoms. The van der Waals surface area contributed by atoms with E-state index in [4.69, 9.17) is 5.26 Å². The number of nitriles is 1. The maximum absolute atomic E-state index is 12.4. The summed E-state index contributed by atoms with van der Waals surface area (Å²) in [6.07, 6.45) is -1.35. The van der Waals surface area contributed by atoms with Gasteiger partial charge < -0.3 is 0 Å². The number of hydrogen-bond acceptors (Lipinski definition) is 2. The molecule has 0 saturated carbocycles. The van der Waals surface area contributed by atoms with Gasteiger partial charge in [-0.25, -0.2) is 13.8 Å². The molecule has 0 saturated heterocycles. The highest BCUT2D eigenvalue weighted by Gasteiger charge is 2.15. The van der Waals surface area contributed by atoms with Crippen LogP contribution in [0.2, 0.25) is 0 Å². The predicted molar refractivity (Wildman–Crippen MR) is 46.5 cm³/mol. The van der Waals surface area contributed by atoms with Gasteiger partial charge in [0.1, 0.15) is 11.8 Å². The number of rotatable bonds is 2. The third-order valence-electron chi connectivity index (χ3n) is 1.57. The Morgan fingerprint density at radius 3 is 2.77 bits per heavy atom. The highest BCUT2D eigenvalue weighted by Crippen LogP contribution is 2.25. The molecule has 1 heterocycles. The molecule has 0 N–H and O–H groups in total. The van der Waals surface area contributed by atoms with Crippen LogP contribution in [-0.4, -0.2) is 4.98 Å². The van der Waals surface area contributed by atoms with E-state index >= 15 is 0 Å². The van der Waals surface area contributed by atoms with Crippen LogP contribution in [0.3, 0.4) is 0 Å². The van der Waals surface area contributed by atoms with E-state index in [2.05, 4.69) is 20.9 Å². The predicted octanol–water partition coefficient (Wildman–Crippen LogP) is 2.79. The van der Waals surface area contributed by atoms with E-state index in [1.54, 1.807) is 6.07 Å². The highest BCUT2D eigenvalue weighted by molar-refractivity contribution is 9.08. The summed E-state index contributed by atoms with van der Waals surface area (Å²) in [6, 6.07) is 2.99. The van der Waals surface area contributed by atoms with Gasteiger partial charge in [-0.05, 0) is 6.07 Å². The maximum atomic E-state index is 12.4. The molecule has 0 unspecified atom stereocenters. The maximum Gasteiger partial charge on any atom is 0.264 e. The summed E-state index contributed by atoms with van der Waals surface area (Å²) in [6.45, 7) is 0. The van der Waals surface area contributed by atoms with Crippen molar-refractivity contribution in [2.75, 3.05) is 0 Å². The van der Waals surface area contributed by atoms with Crippen molar-refractivity contribution in [3.8, 4) is 6.07 Å². The smallest absolute Gasteiger partial charge is 0.245 e. The van der Waals surface area contributed by atoms with Crippen LogP contribution < -0.4 is 0 Å². The fourth-order valence-corrected chi connectivity index (χ4v) is 1.54. The summed E-state index contributed by atoms with van der Waals surface area (Å²) in [4.78, 5) is 3.69. The Labute approximate surface area is 82.3 Å². The summed E-state index contributed by atoms with van der Waals surface area (Å²) in [5.41, 5.74) is 0.179. The van der Waals surface area contributed by atoms with Crippen LogP contribution in [0.4, 0.5) is 8.78 Å². The van der Waals surface area contributed by atoms with Gasteiger partial charge in [0, 0.05) is 22.7 Å². The fraction of sp³-hybridized carbons (Fsp3) is 0.250. The Balaban J connectivity index is 3.29. The van der Waals surface area contributed by atoms with Crippen LogP contribution in [0.15, 0.2) is 12.3 Å². The summed E-state index contributed by atoms with van der Waals surface area (Å²) in [5.74, 6) is 0. The van der Waals surface area contributed by atoms with Crippen LogP contribution in [-0.2, 0) is 5.33 Å². The lowest BCUT2D eigenvalue weighted by atomic mass is 10.1. The summed E-state index contributed by atoms with van der Waals surface area (Å²) >= 11 is 3.04. The lowest BCUT2D eigenvalue weighted by molar-refractivity contribution is 0.150. The first-order valence-electron chi connectivity index (χ1n) is 3.42. The molecule has 0 radical (unpaired) electrons.